The van der Waals surface area contributed by atoms with Crippen molar-refractivity contribution >= 4 is 21.9 Å². The van der Waals surface area contributed by atoms with E-state index in [2.05, 4.69) is 58.2 Å². The Bertz CT molecular complexity index is 1600. The van der Waals surface area contributed by atoms with Crippen LogP contribution in [0.1, 0.15) is 47.1 Å². The molecule has 8 heteroatoms. The molecule has 0 bridgehead atoms. The largest absolute Gasteiger partial charge is 0.488 e. The number of ether oxygens (including phenoxy) is 2. The molecular weight excluding hydrogens is 594 g/mol. The van der Waals surface area contributed by atoms with Gasteiger partial charge in [0.15, 0.2) is 0 Å². The molecule has 0 spiro atoms. The van der Waals surface area contributed by atoms with Gasteiger partial charge in [-0.3, -0.25) is 14.7 Å². The third-order valence-corrected chi connectivity index (χ3v) is 8.24. The first-order valence-electron chi connectivity index (χ1n) is 14.0. The number of hydrogen-bond acceptors (Lipinski definition) is 6. The lowest BCUT2D eigenvalue weighted by molar-refractivity contribution is -0.144. The van der Waals surface area contributed by atoms with Crippen LogP contribution in [-0.4, -0.2) is 33.5 Å². The van der Waals surface area contributed by atoms with Crippen molar-refractivity contribution in [1.29, 1.82) is 5.26 Å². The summed E-state index contributed by atoms with van der Waals surface area (Å²) < 4.78 is 13.4. The van der Waals surface area contributed by atoms with Gasteiger partial charge >= 0.3 is 5.97 Å². The molecule has 1 atom stereocenters. The molecule has 1 fully saturated rings. The van der Waals surface area contributed by atoms with Gasteiger partial charge in [-0.15, -0.1) is 0 Å². The summed E-state index contributed by atoms with van der Waals surface area (Å²) in [7, 11) is 0. The molecule has 4 aromatic rings. The number of nitrogens with zero attached hydrogens (tertiary/aromatic N) is 3. The van der Waals surface area contributed by atoms with Gasteiger partial charge in [-0.05, 0) is 76.6 Å². The van der Waals surface area contributed by atoms with Crippen molar-refractivity contribution in [2.45, 2.75) is 52.0 Å². The Balaban J connectivity index is 1.41. The quantitative estimate of drug-likeness (QED) is 0.198. The Morgan fingerprint density at radius 3 is 2.62 bits per heavy atom. The Labute approximate surface area is 254 Å². The molecule has 1 unspecified atom stereocenters. The van der Waals surface area contributed by atoms with E-state index in [1.165, 1.54) is 6.20 Å². The van der Waals surface area contributed by atoms with Gasteiger partial charge in [0.2, 0.25) is 0 Å². The lowest BCUT2D eigenvalue weighted by Crippen LogP contribution is -2.44. The molecule has 214 valence electrons. The van der Waals surface area contributed by atoms with E-state index in [0.717, 1.165) is 50.7 Å². The summed E-state index contributed by atoms with van der Waals surface area (Å²) in [5, 5.41) is 19.1. The van der Waals surface area contributed by atoms with Crippen molar-refractivity contribution in [2.24, 2.45) is 0 Å². The molecule has 42 heavy (non-hydrogen) atoms. The molecule has 1 saturated heterocycles. The summed E-state index contributed by atoms with van der Waals surface area (Å²) in [5.74, 6) is 0.416. The SMILES string of the molecule is Cc1c(COc2cc(OCc3cncc(C#N)c3)c(CN3CCCCC3C(=O)O)cc2Br)cccc1-c1ccccc1. The van der Waals surface area contributed by atoms with Gasteiger partial charge in [0, 0.05) is 36.1 Å². The van der Waals surface area contributed by atoms with Gasteiger partial charge in [0.1, 0.15) is 36.8 Å². The number of rotatable bonds is 10. The molecule has 1 aromatic heterocycles. The standard InChI is InChI=1S/C34H32BrN3O4/c1-23-27(10-7-11-29(23)26-8-3-2-4-9-26)22-42-33-16-32(41-21-25-14-24(17-36)18-37-19-25)28(15-30(33)35)20-38-13-6-5-12-31(38)34(39)40/h2-4,7-11,14-16,18-19,31H,5-6,12-13,20-22H2,1H3,(H,39,40). The number of likely N-dealkylation sites (tertiary alicyclic amines) is 1. The average molecular weight is 627 g/mol. The first-order chi connectivity index (χ1) is 20.4. The maximum atomic E-state index is 12.0. The summed E-state index contributed by atoms with van der Waals surface area (Å²) >= 11 is 3.69. The average Bonchev–Trinajstić information content (AvgIpc) is 3.01. The minimum Gasteiger partial charge on any atom is -0.488 e. The summed E-state index contributed by atoms with van der Waals surface area (Å²) in [5.41, 5.74) is 6.63. The minimum absolute atomic E-state index is 0.206. The number of carbonyl (C=O) groups is 1. The van der Waals surface area contributed by atoms with E-state index in [1.807, 2.05) is 41.3 Å². The van der Waals surface area contributed by atoms with Crippen LogP contribution in [0.3, 0.4) is 0 Å². The lowest BCUT2D eigenvalue weighted by atomic mass is 9.97. The van der Waals surface area contributed by atoms with Crippen molar-refractivity contribution in [3.63, 3.8) is 0 Å². The first-order valence-corrected chi connectivity index (χ1v) is 14.7. The van der Waals surface area contributed by atoms with Crippen LogP contribution in [0.2, 0.25) is 0 Å². The topological polar surface area (TPSA) is 95.7 Å². The number of pyridine rings is 1. The molecule has 7 nitrogen and oxygen atoms in total. The number of carboxylic acid groups (broad SMARTS) is 1. The second-order valence-electron chi connectivity index (χ2n) is 10.4. The molecule has 0 amide bonds. The lowest BCUT2D eigenvalue weighted by Gasteiger charge is -2.33. The number of hydrogen-bond donors (Lipinski definition) is 1. The Morgan fingerprint density at radius 2 is 1.83 bits per heavy atom. The zero-order valence-corrected chi connectivity index (χ0v) is 25.0. The second kappa shape index (κ2) is 13.6. The molecule has 1 N–H and O–H groups in total. The number of carboxylic acids is 1. The summed E-state index contributed by atoms with van der Waals surface area (Å²) in [4.78, 5) is 18.1. The van der Waals surface area contributed by atoms with Gasteiger partial charge in [-0.2, -0.15) is 5.26 Å². The van der Waals surface area contributed by atoms with E-state index in [1.54, 1.807) is 12.3 Å². The van der Waals surface area contributed by atoms with Crippen LogP contribution in [0.4, 0.5) is 0 Å². The van der Waals surface area contributed by atoms with Crippen LogP contribution < -0.4 is 9.47 Å². The first kappa shape index (κ1) is 29.3. The van der Waals surface area contributed by atoms with E-state index in [-0.39, 0.29) is 6.61 Å². The van der Waals surface area contributed by atoms with Crippen LogP contribution in [0, 0.1) is 18.3 Å². The zero-order valence-electron chi connectivity index (χ0n) is 23.4. The van der Waals surface area contributed by atoms with Crippen molar-refractivity contribution < 1.29 is 19.4 Å². The van der Waals surface area contributed by atoms with Crippen LogP contribution >= 0.6 is 15.9 Å². The number of piperidine rings is 1. The molecule has 3 aromatic carbocycles. The number of halogens is 1. The van der Waals surface area contributed by atoms with E-state index < -0.39 is 12.0 Å². The van der Waals surface area contributed by atoms with Crippen LogP contribution in [0.25, 0.3) is 11.1 Å². The van der Waals surface area contributed by atoms with E-state index in [0.29, 0.717) is 43.2 Å². The normalized spacial score (nSPS) is 15.1. The zero-order chi connectivity index (χ0) is 29.5. The van der Waals surface area contributed by atoms with E-state index in [4.69, 9.17) is 9.47 Å². The number of aliphatic carboxylic acids is 1. The maximum absolute atomic E-state index is 12.0. The highest BCUT2D eigenvalue weighted by atomic mass is 79.9. The Hall–Kier alpha value is -4.19. The van der Waals surface area contributed by atoms with Gasteiger partial charge < -0.3 is 14.6 Å². The molecular formula is C34H32BrN3O4. The molecule has 1 aliphatic heterocycles. The number of aromatic nitrogens is 1. The van der Waals surface area contributed by atoms with E-state index in [9.17, 15) is 15.2 Å². The second-order valence-corrected chi connectivity index (χ2v) is 11.3. The molecule has 0 radical (unpaired) electrons. The molecule has 0 aliphatic carbocycles. The molecule has 0 saturated carbocycles. The number of benzene rings is 3. The Morgan fingerprint density at radius 1 is 1.02 bits per heavy atom. The smallest absolute Gasteiger partial charge is 0.320 e. The highest BCUT2D eigenvalue weighted by Gasteiger charge is 2.29. The molecule has 2 heterocycles. The van der Waals surface area contributed by atoms with Gasteiger partial charge in [0.25, 0.3) is 0 Å². The van der Waals surface area contributed by atoms with Gasteiger partial charge in [-0.1, -0.05) is 55.0 Å². The van der Waals surface area contributed by atoms with Crippen molar-refractivity contribution in [3.8, 4) is 28.7 Å². The molecule has 1 aliphatic rings. The predicted molar refractivity (Wildman–Crippen MR) is 164 cm³/mol. The Kier molecular flexibility index (Phi) is 9.52. The van der Waals surface area contributed by atoms with Crippen molar-refractivity contribution in [2.75, 3.05) is 6.54 Å². The van der Waals surface area contributed by atoms with Gasteiger partial charge in [0.05, 0.1) is 10.0 Å². The highest BCUT2D eigenvalue weighted by Crippen LogP contribution is 2.36. The van der Waals surface area contributed by atoms with Crippen LogP contribution in [0.15, 0.2) is 83.6 Å². The fourth-order valence-corrected chi connectivity index (χ4v) is 5.84. The molecule has 5 rings (SSSR count). The number of nitriles is 1. The van der Waals surface area contributed by atoms with Crippen LogP contribution in [-0.2, 0) is 24.6 Å². The third kappa shape index (κ3) is 6.99. The fourth-order valence-electron chi connectivity index (χ4n) is 5.34. The minimum atomic E-state index is -0.802. The van der Waals surface area contributed by atoms with Crippen molar-refractivity contribution in [1.82, 2.24) is 9.88 Å². The third-order valence-electron chi connectivity index (χ3n) is 7.62. The van der Waals surface area contributed by atoms with Crippen molar-refractivity contribution in [3.05, 3.63) is 111 Å². The highest BCUT2D eigenvalue weighted by molar-refractivity contribution is 9.10. The fraction of sp³-hybridized carbons (Fsp3) is 0.265. The summed E-state index contributed by atoms with van der Waals surface area (Å²) in [6.07, 6.45) is 5.67. The predicted octanol–water partition coefficient (Wildman–Crippen LogP) is 7.29. The summed E-state index contributed by atoms with van der Waals surface area (Å²) in [6.45, 7) is 3.81. The summed E-state index contributed by atoms with van der Waals surface area (Å²) in [6, 6.07) is 23.6. The maximum Gasteiger partial charge on any atom is 0.320 e. The monoisotopic (exact) mass is 625 g/mol. The van der Waals surface area contributed by atoms with E-state index >= 15 is 0 Å². The van der Waals surface area contributed by atoms with Gasteiger partial charge in [-0.25, -0.2) is 0 Å². The van der Waals surface area contributed by atoms with Crippen LogP contribution in [0.5, 0.6) is 11.5 Å².